The monoisotopic (exact) mass is 246 g/mol. The molecule has 86 valence electrons. The Morgan fingerprint density at radius 2 is 1.94 bits per heavy atom. The Bertz CT molecular complexity index is 558. The van der Waals surface area contributed by atoms with Crippen LogP contribution in [0.25, 0.3) is 0 Å². The van der Waals surface area contributed by atoms with Gasteiger partial charge in [0.1, 0.15) is 0 Å². The standard InChI is InChI=1S/C12H11ClN4/c13-8-4-1-2-5-9(8)17-10-6-3-7-15-11(10)16-12(17)14/h1-7,12H,14H2,(H,15,16). The van der Waals surface area contributed by atoms with Crippen LogP contribution < -0.4 is 16.0 Å². The molecular weight excluding hydrogens is 236 g/mol. The van der Waals surface area contributed by atoms with Gasteiger partial charge in [-0.1, -0.05) is 23.7 Å². The Kier molecular flexibility index (Phi) is 2.39. The zero-order chi connectivity index (χ0) is 11.8. The van der Waals surface area contributed by atoms with Crippen molar-refractivity contribution in [1.82, 2.24) is 4.98 Å². The number of nitrogens with two attached hydrogens (primary N) is 1. The largest absolute Gasteiger partial charge is 0.336 e. The molecule has 1 atom stereocenters. The molecular formula is C12H11ClN4. The average molecular weight is 247 g/mol. The molecule has 1 aromatic heterocycles. The lowest BCUT2D eigenvalue weighted by Gasteiger charge is -2.24. The zero-order valence-electron chi connectivity index (χ0n) is 8.97. The van der Waals surface area contributed by atoms with Gasteiger partial charge in [0, 0.05) is 6.20 Å². The molecule has 2 aromatic rings. The number of aromatic nitrogens is 1. The SMILES string of the molecule is NC1Nc2ncccc2N1c1ccccc1Cl. The molecule has 4 nitrogen and oxygen atoms in total. The summed E-state index contributed by atoms with van der Waals surface area (Å²) < 4.78 is 0. The number of benzene rings is 1. The van der Waals surface area contributed by atoms with Gasteiger partial charge in [0.2, 0.25) is 0 Å². The van der Waals surface area contributed by atoms with E-state index in [0.29, 0.717) is 5.02 Å². The van der Waals surface area contributed by atoms with Crippen molar-refractivity contribution in [2.24, 2.45) is 5.73 Å². The van der Waals surface area contributed by atoms with Gasteiger partial charge in [-0.3, -0.25) is 5.73 Å². The Morgan fingerprint density at radius 1 is 1.18 bits per heavy atom. The van der Waals surface area contributed by atoms with Crippen molar-refractivity contribution in [2.75, 3.05) is 10.2 Å². The van der Waals surface area contributed by atoms with Crippen LogP contribution in [0.4, 0.5) is 17.2 Å². The normalized spacial score (nSPS) is 17.8. The van der Waals surface area contributed by atoms with Gasteiger partial charge in [0.15, 0.2) is 12.1 Å². The fraction of sp³-hybridized carbons (Fsp3) is 0.0833. The van der Waals surface area contributed by atoms with Crippen LogP contribution in [0, 0.1) is 0 Å². The molecule has 5 heteroatoms. The molecule has 2 heterocycles. The lowest BCUT2D eigenvalue weighted by atomic mass is 10.2. The second-order valence-corrected chi connectivity index (χ2v) is 4.19. The number of pyridine rings is 1. The number of anilines is 3. The molecule has 3 N–H and O–H groups in total. The Hall–Kier alpha value is -1.78. The summed E-state index contributed by atoms with van der Waals surface area (Å²) in [5.41, 5.74) is 7.86. The van der Waals surface area contributed by atoms with E-state index in [4.69, 9.17) is 17.3 Å². The third-order valence-electron chi connectivity index (χ3n) is 2.72. The highest BCUT2D eigenvalue weighted by Gasteiger charge is 2.28. The molecule has 0 bridgehead atoms. The first-order chi connectivity index (χ1) is 8.27. The number of nitrogens with zero attached hydrogens (tertiary/aromatic N) is 2. The van der Waals surface area contributed by atoms with Crippen molar-refractivity contribution in [1.29, 1.82) is 0 Å². The molecule has 1 aliphatic heterocycles. The molecule has 0 spiro atoms. The third-order valence-corrected chi connectivity index (χ3v) is 3.04. The molecule has 3 rings (SSSR count). The highest BCUT2D eigenvalue weighted by atomic mass is 35.5. The van der Waals surface area contributed by atoms with E-state index in [2.05, 4.69) is 10.3 Å². The van der Waals surface area contributed by atoms with Crippen molar-refractivity contribution in [2.45, 2.75) is 6.29 Å². The highest BCUT2D eigenvalue weighted by Crippen LogP contribution is 2.39. The average Bonchev–Trinajstić information content (AvgIpc) is 2.66. The fourth-order valence-corrected chi connectivity index (χ4v) is 2.21. The van der Waals surface area contributed by atoms with Gasteiger partial charge < -0.3 is 10.2 Å². The topological polar surface area (TPSA) is 54.2 Å². The summed E-state index contributed by atoms with van der Waals surface area (Å²) in [5, 5.41) is 3.78. The molecule has 0 amide bonds. The van der Waals surface area contributed by atoms with E-state index in [0.717, 1.165) is 17.2 Å². The summed E-state index contributed by atoms with van der Waals surface area (Å²) in [6.45, 7) is 0. The maximum Gasteiger partial charge on any atom is 0.158 e. The molecule has 0 saturated heterocycles. The first-order valence-corrected chi connectivity index (χ1v) is 5.66. The number of rotatable bonds is 1. The van der Waals surface area contributed by atoms with Crippen molar-refractivity contribution in [3.8, 4) is 0 Å². The lowest BCUT2D eigenvalue weighted by molar-refractivity contribution is 0.800. The van der Waals surface area contributed by atoms with E-state index in [1.807, 2.05) is 41.3 Å². The number of hydrogen-bond donors (Lipinski definition) is 2. The summed E-state index contributed by atoms with van der Waals surface area (Å²) >= 11 is 6.19. The van der Waals surface area contributed by atoms with Crippen molar-refractivity contribution < 1.29 is 0 Å². The molecule has 17 heavy (non-hydrogen) atoms. The molecule has 0 fully saturated rings. The third kappa shape index (κ3) is 1.62. The molecule has 1 aliphatic rings. The first-order valence-electron chi connectivity index (χ1n) is 5.28. The predicted octanol–water partition coefficient (Wildman–Crippen LogP) is 2.54. The Morgan fingerprint density at radius 3 is 2.76 bits per heavy atom. The molecule has 1 unspecified atom stereocenters. The minimum Gasteiger partial charge on any atom is -0.336 e. The van der Waals surface area contributed by atoms with Gasteiger partial charge in [-0.05, 0) is 24.3 Å². The summed E-state index contributed by atoms with van der Waals surface area (Å²) in [4.78, 5) is 6.17. The van der Waals surface area contributed by atoms with Crippen molar-refractivity contribution in [3.63, 3.8) is 0 Å². The predicted molar refractivity (Wildman–Crippen MR) is 69.4 cm³/mol. The second-order valence-electron chi connectivity index (χ2n) is 3.78. The number of halogens is 1. The van der Waals surface area contributed by atoms with E-state index in [1.165, 1.54) is 0 Å². The molecule has 0 saturated carbocycles. The van der Waals surface area contributed by atoms with Crippen molar-refractivity contribution in [3.05, 3.63) is 47.6 Å². The van der Waals surface area contributed by atoms with Gasteiger partial charge in [-0.2, -0.15) is 0 Å². The van der Waals surface area contributed by atoms with Crippen LogP contribution in [0.2, 0.25) is 5.02 Å². The van der Waals surface area contributed by atoms with Gasteiger partial charge in [0.25, 0.3) is 0 Å². The molecule has 1 aromatic carbocycles. The lowest BCUT2D eigenvalue weighted by Crippen LogP contribution is -2.40. The van der Waals surface area contributed by atoms with E-state index in [1.54, 1.807) is 6.20 Å². The quantitative estimate of drug-likeness (QED) is 0.812. The van der Waals surface area contributed by atoms with Gasteiger partial charge in [-0.25, -0.2) is 4.98 Å². The number of hydrogen-bond acceptors (Lipinski definition) is 4. The van der Waals surface area contributed by atoms with E-state index >= 15 is 0 Å². The van der Waals surface area contributed by atoms with Crippen LogP contribution in [0.15, 0.2) is 42.6 Å². The minimum absolute atomic E-state index is 0.347. The smallest absolute Gasteiger partial charge is 0.158 e. The van der Waals surface area contributed by atoms with E-state index < -0.39 is 0 Å². The number of fused-ring (bicyclic) bond motifs is 1. The van der Waals surface area contributed by atoms with E-state index in [9.17, 15) is 0 Å². The van der Waals surface area contributed by atoms with Crippen LogP contribution in [-0.2, 0) is 0 Å². The summed E-state index contributed by atoms with van der Waals surface area (Å²) in [7, 11) is 0. The summed E-state index contributed by atoms with van der Waals surface area (Å²) in [6, 6.07) is 11.4. The van der Waals surface area contributed by atoms with Gasteiger partial charge in [-0.15, -0.1) is 0 Å². The second kappa shape index (κ2) is 3.91. The molecule has 0 aliphatic carbocycles. The number of nitrogens with one attached hydrogen (secondary N) is 1. The summed E-state index contributed by atoms with van der Waals surface area (Å²) in [5.74, 6) is 0.778. The zero-order valence-corrected chi connectivity index (χ0v) is 9.72. The fourth-order valence-electron chi connectivity index (χ4n) is 1.98. The number of para-hydroxylation sites is 1. The van der Waals surface area contributed by atoms with Crippen LogP contribution >= 0.6 is 11.6 Å². The first kappa shape index (κ1) is 10.4. The van der Waals surface area contributed by atoms with Gasteiger partial charge in [0.05, 0.1) is 16.4 Å². The Balaban J connectivity index is 2.13. The van der Waals surface area contributed by atoms with Crippen LogP contribution in [0.3, 0.4) is 0 Å². The summed E-state index contributed by atoms with van der Waals surface area (Å²) in [6.07, 6.45) is 1.38. The molecule has 0 radical (unpaired) electrons. The Labute approximate surface area is 104 Å². The van der Waals surface area contributed by atoms with Gasteiger partial charge >= 0.3 is 0 Å². The van der Waals surface area contributed by atoms with Crippen LogP contribution in [-0.4, -0.2) is 11.3 Å². The van der Waals surface area contributed by atoms with E-state index in [-0.39, 0.29) is 6.29 Å². The van der Waals surface area contributed by atoms with Crippen molar-refractivity contribution >= 4 is 28.8 Å². The minimum atomic E-state index is -0.347. The highest BCUT2D eigenvalue weighted by molar-refractivity contribution is 6.33. The maximum atomic E-state index is 6.19. The van der Waals surface area contributed by atoms with Crippen LogP contribution in [0.5, 0.6) is 0 Å². The maximum absolute atomic E-state index is 6.19. The van der Waals surface area contributed by atoms with Crippen LogP contribution in [0.1, 0.15) is 0 Å².